The van der Waals surface area contributed by atoms with E-state index in [1.165, 1.54) is 64.0 Å². The predicted octanol–water partition coefficient (Wildman–Crippen LogP) is 7.14. The Kier molecular flexibility index (Phi) is 29.1. The monoisotopic (exact) mass is 1420 g/mol. The minimum atomic E-state index is -5.20. The second-order valence-electron chi connectivity index (χ2n) is 29.5. The largest absolute Gasteiger partial charge is 0.397 e. The van der Waals surface area contributed by atoms with E-state index in [4.69, 9.17) is 0 Å². The molecule has 10 amide bonds. The number of hydrogen-bond donors (Lipinski definition) is 3. The lowest BCUT2D eigenvalue weighted by Crippen LogP contribution is -2.64. The Morgan fingerprint density at radius 3 is 1.68 bits per heavy atom. The van der Waals surface area contributed by atoms with Gasteiger partial charge in [0, 0.05) is 80.8 Å². The van der Waals surface area contributed by atoms with Crippen LogP contribution >= 0.6 is 0 Å². The quantitative estimate of drug-likeness (QED) is 0.176. The molecule has 560 valence electrons. The van der Waals surface area contributed by atoms with Crippen LogP contribution < -0.4 is 16.0 Å². The first-order valence-electron chi connectivity index (χ1n) is 34.6. The summed E-state index contributed by atoms with van der Waals surface area (Å²) < 4.78 is 145. The molecular weight excluding hydrogens is 1310 g/mol. The summed E-state index contributed by atoms with van der Waals surface area (Å²) in [5, 5.41) is 8.29. The van der Waals surface area contributed by atoms with E-state index in [0.29, 0.717) is 25.7 Å². The van der Waals surface area contributed by atoms with Crippen molar-refractivity contribution in [3.63, 3.8) is 0 Å². The van der Waals surface area contributed by atoms with E-state index in [1.807, 2.05) is 13.8 Å². The topological polar surface area (TPSA) is 233 Å². The summed E-state index contributed by atoms with van der Waals surface area (Å²) in [5.74, 6) is -18.7. The third kappa shape index (κ3) is 21.3. The lowest BCUT2D eigenvalue weighted by molar-refractivity contribution is -0.219. The van der Waals surface area contributed by atoms with E-state index in [0.717, 1.165) is 24.5 Å². The zero-order chi connectivity index (χ0) is 74.0. The molecule has 0 aromatic carbocycles. The van der Waals surface area contributed by atoms with Gasteiger partial charge in [-0.25, -0.2) is 17.6 Å². The van der Waals surface area contributed by atoms with Gasteiger partial charge in [-0.3, -0.25) is 52.8 Å². The molecule has 5 aliphatic rings. The first-order chi connectivity index (χ1) is 45.4. The zero-order valence-corrected chi connectivity index (χ0v) is 59.4. The van der Waals surface area contributed by atoms with Gasteiger partial charge in [0.15, 0.2) is 0 Å². The maximum absolute atomic E-state index is 16.0. The maximum atomic E-state index is 16.0. The van der Waals surface area contributed by atoms with Gasteiger partial charge in [0.2, 0.25) is 59.1 Å². The number of nitrogens with one attached hydrogen (secondary N) is 3. The van der Waals surface area contributed by atoms with Crippen LogP contribution in [-0.4, -0.2) is 259 Å². The van der Waals surface area contributed by atoms with Crippen LogP contribution in [-0.2, 0) is 47.9 Å². The lowest BCUT2D eigenvalue weighted by Gasteiger charge is -2.41. The molecule has 2 heterocycles. The summed E-state index contributed by atoms with van der Waals surface area (Å²) in [4.78, 5) is 154. The molecule has 0 aromatic heterocycles. The lowest BCUT2D eigenvalue weighted by atomic mass is 9.76. The van der Waals surface area contributed by atoms with Gasteiger partial charge >= 0.3 is 12.4 Å². The van der Waals surface area contributed by atoms with Crippen molar-refractivity contribution in [3.05, 3.63) is 0 Å². The van der Waals surface area contributed by atoms with E-state index in [9.17, 15) is 69.5 Å². The molecule has 1 spiro atoms. The molecule has 11 atom stereocenters. The Hall–Kier alpha value is -6.04. The average Bonchev–Trinajstić information content (AvgIpc) is 1.53. The van der Waals surface area contributed by atoms with Crippen molar-refractivity contribution in [1.82, 2.24) is 55.1 Å². The molecule has 2 aliphatic heterocycles. The van der Waals surface area contributed by atoms with Gasteiger partial charge in [-0.15, -0.1) is 0 Å². The highest BCUT2D eigenvalue weighted by atomic mass is 19.4. The smallest absolute Gasteiger partial charge is 0.351 e. The zero-order valence-electron chi connectivity index (χ0n) is 59.4. The fraction of sp³-hybridized carbons (Fsp3) is 0.851. The molecule has 3 unspecified atom stereocenters. The maximum Gasteiger partial charge on any atom is 0.397 e. The van der Waals surface area contributed by atoms with Crippen LogP contribution in [0.3, 0.4) is 0 Å². The molecule has 5 fully saturated rings. The van der Waals surface area contributed by atoms with Gasteiger partial charge in [0.25, 0.3) is 5.92 Å². The minimum absolute atomic E-state index is 0.00418. The summed E-state index contributed by atoms with van der Waals surface area (Å²) in [7, 11) is 9.25. The Balaban J connectivity index is 1.58. The van der Waals surface area contributed by atoms with Crippen molar-refractivity contribution in [1.29, 1.82) is 0 Å². The molecule has 31 heteroatoms. The number of carbonyl (C=O) groups is 10. The van der Waals surface area contributed by atoms with Crippen molar-refractivity contribution in [3.8, 4) is 0 Å². The minimum Gasteiger partial charge on any atom is -0.351 e. The van der Waals surface area contributed by atoms with E-state index in [-0.39, 0.29) is 76.5 Å². The van der Waals surface area contributed by atoms with Gasteiger partial charge in [-0.1, -0.05) is 67.2 Å². The Labute approximate surface area is 570 Å². The third-order valence-corrected chi connectivity index (χ3v) is 21.5. The first-order valence-corrected chi connectivity index (χ1v) is 34.6. The second kappa shape index (κ2) is 34.6. The highest BCUT2D eigenvalue weighted by Gasteiger charge is 2.56. The average molecular weight is 1420 g/mol. The molecule has 0 aromatic rings. The number of carbonyl (C=O) groups excluding carboxylic acids is 10. The number of halogens is 10. The van der Waals surface area contributed by atoms with E-state index in [2.05, 4.69) is 16.0 Å². The first kappa shape index (κ1) is 82.6. The molecule has 2 saturated heterocycles. The third-order valence-electron chi connectivity index (χ3n) is 21.5. The normalized spacial score (nSPS) is 31.8. The Morgan fingerprint density at radius 1 is 0.592 bits per heavy atom. The summed E-state index contributed by atoms with van der Waals surface area (Å²) >= 11 is 0. The van der Waals surface area contributed by atoms with Crippen molar-refractivity contribution in [2.45, 2.75) is 242 Å². The predicted molar refractivity (Wildman–Crippen MR) is 343 cm³/mol. The molecule has 3 N–H and O–H groups in total. The van der Waals surface area contributed by atoms with Crippen LogP contribution in [0.4, 0.5) is 43.9 Å². The number of nitrogens with zero attached hydrogens (tertiary/aromatic N) is 8. The summed E-state index contributed by atoms with van der Waals surface area (Å²) in [6.07, 6.45) is -17.5. The number of fused-ring (bicyclic) bond motifs is 1. The van der Waals surface area contributed by atoms with Crippen LogP contribution in [0.5, 0.6) is 0 Å². The van der Waals surface area contributed by atoms with Gasteiger partial charge in [0.1, 0.15) is 48.0 Å². The van der Waals surface area contributed by atoms with Crippen molar-refractivity contribution in [2.24, 2.45) is 41.4 Å². The summed E-state index contributed by atoms with van der Waals surface area (Å²) in [5.41, 5.74) is -1.74. The van der Waals surface area contributed by atoms with Crippen LogP contribution in [0, 0.1) is 41.4 Å². The summed E-state index contributed by atoms with van der Waals surface area (Å²) in [6.45, 7) is 8.46. The summed E-state index contributed by atoms with van der Waals surface area (Å²) in [6, 6.07) is -8.94. The number of alkyl halides is 10. The Bertz CT molecular complexity index is 2780. The molecule has 0 bridgehead atoms. The molecule has 3 aliphatic carbocycles. The van der Waals surface area contributed by atoms with E-state index >= 15 is 22.4 Å². The van der Waals surface area contributed by atoms with Crippen molar-refractivity contribution >= 4 is 59.1 Å². The molecule has 21 nitrogen and oxygen atoms in total. The molecule has 0 radical (unpaired) electrons. The standard InChI is InChI=1S/C67H107F10N11O10/c1-15-39(5)56-61(96)83(10)35-53(91)81(8)36-54(92)86(13)49(31-42-19-22-44(23-20-42)66(72,73)74)60(95)82(9)34-51(89)78-45(24-21-43-29-46(68)55(47(69)30-43)67(75,76)77)33-88-37-65(70,71)32-50(88)59(94)80-64(25-17-18-26-64)63(98)87(14)57(40(6)16-2)62(97)84(11)41(7)28-52(90)85(12)48(27-38(3)4)58(93)79-56/h38-50,55-57H,15-37H2,1-14H3,(H,78,89)(H,79,93)(H,80,94)/t39-,40-,41+,42?,43?,44?,45-,46?,47?,48-,49-,50-,55?,56?,57-/m0/s1. The van der Waals surface area contributed by atoms with Gasteiger partial charge in [0.05, 0.1) is 38.1 Å². The highest BCUT2D eigenvalue weighted by Crippen LogP contribution is 2.45. The number of likely N-dealkylation sites (N-methyl/N-ethyl adjacent to an activating group) is 7. The molecular formula is C67H107F10N11O10. The highest BCUT2D eigenvalue weighted by molar-refractivity contribution is 5.97. The van der Waals surface area contributed by atoms with Crippen molar-refractivity contribution in [2.75, 3.05) is 82.1 Å². The van der Waals surface area contributed by atoms with Crippen LogP contribution in [0.25, 0.3) is 0 Å². The van der Waals surface area contributed by atoms with E-state index < -0.39 is 225 Å². The molecule has 98 heavy (non-hydrogen) atoms. The van der Waals surface area contributed by atoms with Gasteiger partial charge in [-0.05, 0) is 114 Å². The number of amides is 10. The van der Waals surface area contributed by atoms with Gasteiger partial charge in [-0.2, -0.15) is 26.3 Å². The Morgan fingerprint density at radius 2 is 1.14 bits per heavy atom. The second-order valence-corrected chi connectivity index (χ2v) is 29.5. The van der Waals surface area contributed by atoms with Crippen LogP contribution in [0.15, 0.2) is 0 Å². The fourth-order valence-corrected chi connectivity index (χ4v) is 14.8. The van der Waals surface area contributed by atoms with Crippen LogP contribution in [0.1, 0.15) is 164 Å². The number of rotatable bonds is 11. The van der Waals surface area contributed by atoms with Crippen molar-refractivity contribution < 1.29 is 91.8 Å². The van der Waals surface area contributed by atoms with Gasteiger partial charge < -0.3 is 50.2 Å². The SMILES string of the molecule is CC[C@H](C)C1NC(=O)[C@H](CC(C)C)N(C)C(=O)C[C@@H](C)N(C)C(=O)[C@H]([C@@H](C)CC)N(C)C(=O)C2(CCCC2)NC(=O)[C@@H]2CC(F)(F)CN2C[C@H](CCC2CC(F)C(C(F)(F)F)C(F)C2)NC(=O)CN(C)C(=O)[C@H](CC2CCC(C(F)(F)F)CC2)N(C)C(=O)CN(C)C(=O)CN(C)C1=O. The molecule has 5 rings (SSSR count). The van der Waals surface area contributed by atoms with E-state index in [1.54, 1.807) is 34.6 Å². The van der Waals surface area contributed by atoms with Crippen LogP contribution in [0.2, 0.25) is 0 Å². The fourth-order valence-electron chi connectivity index (χ4n) is 14.8. The molecule has 3 saturated carbocycles. The number of hydrogen-bond acceptors (Lipinski definition) is 11.